The molecular weight excluding hydrogens is 454 g/mol. The summed E-state index contributed by atoms with van der Waals surface area (Å²) in [5, 5.41) is 0. The molecule has 0 aromatic rings. The normalized spacial score (nSPS) is 41.1. The molecule has 3 fully saturated rings. The van der Waals surface area contributed by atoms with E-state index in [1.165, 1.54) is 51.4 Å². The summed E-state index contributed by atoms with van der Waals surface area (Å²) in [7, 11) is -2.31. The van der Waals surface area contributed by atoms with Crippen LogP contribution in [0.2, 0.25) is 0 Å². The number of hydrogen-bond donors (Lipinski definition) is 0. The second-order valence-electron chi connectivity index (χ2n) is 14.7. The first-order chi connectivity index (χ1) is 16.3. The SMILES string of the molecule is CC(C)CCC[C@@H](C)[C@H]1CC[C@H]2[C@@H]3CC=C4C[C@@H](OP(F)OC(C)(C)C)CC[C@]4(C)[C@H]3CC[C@]12C. The molecule has 0 aromatic heterocycles. The first-order valence-electron chi connectivity index (χ1n) is 14.8. The van der Waals surface area contributed by atoms with Crippen LogP contribution in [0.1, 0.15) is 126 Å². The summed E-state index contributed by atoms with van der Waals surface area (Å²) < 4.78 is 25.8. The van der Waals surface area contributed by atoms with Crippen LogP contribution in [0.4, 0.5) is 4.20 Å². The molecule has 0 N–H and O–H groups in total. The van der Waals surface area contributed by atoms with Crippen molar-refractivity contribution >= 4 is 8.69 Å². The lowest BCUT2D eigenvalue weighted by Gasteiger charge is -2.58. The van der Waals surface area contributed by atoms with Gasteiger partial charge in [-0.1, -0.05) is 65.5 Å². The lowest BCUT2D eigenvalue weighted by Crippen LogP contribution is -2.50. The van der Waals surface area contributed by atoms with E-state index in [-0.39, 0.29) is 11.5 Å². The highest BCUT2D eigenvalue weighted by molar-refractivity contribution is 7.41. The zero-order valence-electron chi connectivity index (χ0n) is 24.0. The van der Waals surface area contributed by atoms with Gasteiger partial charge in [0.2, 0.25) is 0 Å². The van der Waals surface area contributed by atoms with Crippen molar-refractivity contribution in [1.29, 1.82) is 0 Å². The second-order valence-corrected chi connectivity index (χ2v) is 15.5. The van der Waals surface area contributed by atoms with Crippen LogP contribution in [0, 0.1) is 46.3 Å². The summed E-state index contributed by atoms with van der Waals surface area (Å²) in [6, 6.07) is 0. The van der Waals surface area contributed by atoms with Crippen LogP contribution in [0.5, 0.6) is 0 Å². The zero-order chi connectivity index (χ0) is 25.6. The molecule has 0 amide bonds. The van der Waals surface area contributed by atoms with Crippen molar-refractivity contribution in [3.63, 3.8) is 0 Å². The van der Waals surface area contributed by atoms with Crippen molar-refractivity contribution in [2.24, 2.45) is 46.3 Å². The maximum Gasteiger partial charge on any atom is 0.375 e. The van der Waals surface area contributed by atoms with Crippen molar-refractivity contribution in [3.8, 4) is 0 Å². The van der Waals surface area contributed by atoms with Gasteiger partial charge in [-0.2, -0.15) is 4.20 Å². The van der Waals surface area contributed by atoms with E-state index >= 15 is 0 Å². The smallest absolute Gasteiger partial charge is 0.305 e. The van der Waals surface area contributed by atoms with Crippen molar-refractivity contribution in [1.82, 2.24) is 0 Å². The first-order valence-corrected chi connectivity index (χ1v) is 15.9. The van der Waals surface area contributed by atoms with Crippen molar-refractivity contribution in [3.05, 3.63) is 11.6 Å². The summed E-state index contributed by atoms with van der Waals surface area (Å²) >= 11 is 0. The third kappa shape index (κ3) is 5.88. The molecular formula is C31H54FO2P. The van der Waals surface area contributed by atoms with Crippen LogP contribution < -0.4 is 0 Å². The first kappa shape index (κ1) is 28.0. The molecule has 4 heteroatoms. The highest BCUT2D eigenvalue weighted by Crippen LogP contribution is 2.67. The van der Waals surface area contributed by atoms with E-state index in [9.17, 15) is 4.20 Å². The average molecular weight is 509 g/mol. The lowest BCUT2D eigenvalue weighted by atomic mass is 9.47. The third-order valence-corrected chi connectivity index (χ3v) is 12.0. The van der Waals surface area contributed by atoms with E-state index in [2.05, 4.69) is 40.7 Å². The van der Waals surface area contributed by atoms with Gasteiger partial charge in [-0.05, 0) is 118 Å². The molecule has 0 spiro atoms. The van der Waals surface area contributed by atoms with Gasteiger partial charge in [-0.3, -0.25) is 0 Å². The van der Waals surface area contributed by atoms with Gasteiger partial charge in [-0.15, -0.1) is 0 Å². The molecule has 3 saturated carbocycles. The van der Waals surface area contributed by atoms with E-state index in [1.807, 2.05) is 20.8 Å². The fraction of sp³-hybridized carbons (Fsp3) is 0.935. The van der Waals surface area contributed by atoms with E-state index in [0.29, 0.717) is 5.41 Å². The van der Waals surface area contributed by atoms with E-state index in [4.69, 9.17) is 9.05 Å². The Morgan fingerprint density at radius 3 is 2.46 bits per heavy atom. The molecule has 0 heterocycles. The minimum absolute atomic E-state index is 0.0271. The lowest BCUT2D eigenvalue weighted by molar-refractivity contribution is -0.0568. The van der Waals surface area contributed by atoms with Gasteiger partial charge >= 0.3 is 8.69 Å². The second kappa shape index (κ2) is 10.6. The predicted molar refractivity (Wildman–Crippen MR) is 147 cm³/mol. The Kier molecular flexibility index (Phi) is 8.53. The minimum Gasteiger partial charge on any atom is -0.305 e. The van der Waals surface area contributed by atoms with Gasteiger partial charge in [0.1, 0.15) is 0 Å². The molecule has 4 aliphatic carbocycles. The summed E-state index contributed by atoms with van der Waals surface area (Å²) in [5.41, 5.74) is 1.89. The van der Waals surface area contributed by atoms with Crippen LogP contribution in [-0.4, -0.2) is 11.7 Å². The summed E-state index contributed by atoms with van der Waals surface area (Å²) in [5.74, 6) is 5.14. The summed E-state index contributed by atoms with van der Waals surface area (Å²) in [4.78, 5) is 0. The Balaban J connectivity index is 1.41. The summed E-state index contributed by atoms with van der Waals surface area (Å²) in [6.45, 7) is 18.2. The highest BCUT2D eigenvalue weighted by atomic mass is 31.2. The van der Waals surface area contributed by atoms with Gasteiger partial charge < -0.3 is 9.05 Å². The molecule has 0 saturated heterocycles. The molecule has 0 aliphatic heterocycles. The van der Waals surface area contributed by atoms with Crippen molar-refractivity contribution in [2.45, 2.75) is 138 Å². The van der Waals surface area contributed by atoms with E-state index in [0.717, 1.165) is 54.8 Å². The van der Waals surface area contributed by atoms with Crippen LogP contribution in [-0.2, 0) is 9.05 Å². The van der Waals surface area contributed by atoms with Crippen LogP contribution in [0.15, 0.2) is 11.6 Å². The molecule has 0 radical (unpaired) electrons. The Morgan fingerprint density at radius 1 is 1.03 bits per heavy atom. The number of hydrogen-bond acceptors (Lipinski definition) is 2. The van der Waals surface area contributed by atoms with Crippen molar-refractivity contribution < 1.29 is 13.2 Å². The average Bonchev–Trinajstić information content (AvgIpc) is 3.09. The Hall–Kier alpha value is 0.0200. The van der Waals surface area contributed by atoms with E-state index < -0.39 is 14.3 Å². The maximum atomic E-state index is 14.5. The fourth-order valence-electron chi connectivity index (χ4n) is 9.10. The number of fused-ring (bicyclic) bond motifs is 5. The standard InChI is InChI=1S/C31H54FO2P/c1-21(2)10-9-11-22(3)26-14-15-27-25-13-12-23-20-24(33-35(32)34-29(4,5)6)16-18-30(23,7)28(25)17-19-31(26,27)8/h12,21-22,24-28H,9-11,13-20H2,1-8H3/t22-,24+,25+,26-,27+,28+,30+,31-,35?/m1/s1. The predicted octanol–water partition coefficient (Wildman–Crippen LogP) is 10.4. The maximum absolute atomic E-state index is 14.5. The van der Waals surface area contributed by atoms with Gasteiger partial charge in [-0.25, -0.2) is 0 Å². The molecule has 2 nitrogen and oxygen atoms in total. The third-order valence-electron chi connectivity index (χ3n) is 10.8. The largest absolute Gasteiger partial charge is 0.375 e. The quantitative estimate of drug-likeness (QED) is 0.240. The minimum atomic E-state index is -2.31. The van der Waals surface area contributed by atoms with Gasteiger partial charge in [0.25, 0.3) is 0 Å². The van der Waals surface area contributed by atoms with Gasteiger partial charge in [0.15, 0.2) is 0 Å². The Morgan fingerprint density at radius 2 is 1.77 bits per heavy atom. The Labute approximate surface area is 217 Å². The van der Waals surface area contributed by atoms with Crippen LogP contribution in [0.3, 0.4) is 0 Å². The molecule has 35 heavy (non-hydrogen) atoms. The number of rotatable bonds is 8. The molecule has 0 aromatic carbocycles. The molecule has 1 unspecified atom stereocenters. The van der Waals surface area contributed by atoms with Crippen LogP contribution in [0.25, 0.3) is 0 Å². The molecule has 202 valence electrons. The molecule has 4 rings (SSSR count). The van der Waals surface area contributed by atoms with Crippen molar-refractivity contribution in [2.75, 3.05) is 0 Å². The summed E-state index contributed by atoms with van der Waals surface area (Å²) in [6.07, 6.45) is 16.7. The van der Waals surface area contributed by atoms with Crippen LogP contribution >= 0.6 is 8.69 Å². The fourth-order valence-corrected chi connectivity index (χ4v) is 9.98. The topological polar surface area (TPSA) is 18.5 Å². The molecule has 9 atom stereocenters. The number of allylic oxidation sites excluding steroid dienone is 1. The zero-order valence-corrected chi connectivity index (χ0v) is 24.9. The molecule has 4 aliphatic rings. The Bertz CT molecular complexity index is 760. The molecule has 0 bridgehead atoms. The van der Waals surface area contributed by atoms with Gasteiger partial charge in [0.05, 0.1) is 11.7 Å². The van der Waals surface area contributed by atoms with E-state index in [1.54, 1.807) is 5.57 Å². The number of halogens is 1. The monoisotopic (exact) mass is 508 g/mol. The van der Waals surface area contributed by atoms with Gasteiger partial charge in [0, 0.05) is 0 Å². The highest BCUT2D eigenvalue weighted by Gasteiger charge is 2.59.